The molecule has 74 valence electrons. The van der Waals surface area contributed by atoms with Crippen LogP contribution in [0.5, 0.6) is 0 Å². The highest BCUT2D eigenvalue weighted by molar-refractivity contribution is 8.00. The highest BCUT2D eigenvalue weighted by atomic mass is 32.2. The van der Waals surface area contributed by atoms with Gasteiger partial charge in [0.25, 0.3) is 0 Å². The van der Waals surface area contributed by atoms with Gasteiger partial charge in [0.1, 0.15) is 0 Å². The van der Waals surface area contributed by atoms with Crippen molar-refractivity contribution in [3.8, 4) is 0 Å². The summed E-state index contributed by atoms with van der Waals surface area (Å²) < 4.78 is 39.2. The van der Waals surface area contributed by atoms with Crippen molar-refractivity contribution in [1.82, 2.24) is 9.36 Å². The van der Waals surface area contributed by atoms with E-state index in [1.165, 1.54) is 0 Å². The number of aliphatic hydroxyl groups is 1. The Balaban J connectivity index is 2.64. The third-order valence-electron chi connectivity index (χ3n) is 0.978. The Morgan fingerprint density at radius 2 is 2.15 bits per heavy atom. The van der Waals surface area contributed by atoms with Gasteiger partial charge in [-0.3, -0.25) is 0 Å². The third-order valence-corrected chi connectivity index (χ3v) is 2.79. The first-order chi connectivity index (χ1) is 6.04. The molecule has 1 rings (SSSR count). The molecule has 8 heteroatoms. The van der Waals surface area contributed by atoms with Crippen molar-refractivity contribution in [2.24, 2.45) is 0 Å². The van der Waals surface area contributed by atoms with Gasteiger partial charge in [-0.25, -0.2) is 4.98 Å². The second-order valence-electron chi connectivity index (χ2n) is 1.95. The lowest BCUT2D eigenvalue weighted by Gasteiger charge is -1.97. The van der Waals surface area contributed by atoms with Gasteiger partial charge < -0.3 is 5.11 Å². The Kier molecular flexibility index (Phi) is 3.51. The highest BCUT2D eigenvalue weighted by Gasteiger charge is 2.35. The number of hydrogen-bond donors (Lipinski definition) is 1. The van der Waals surface area contributed by atoms with Gasteiger partial charge in [0, 0.05) is 5.75 Å². The number of hydrogen-bond acceptors (Lipinski definition) is 5. The van der Waals surface area contributed by atoms with E-state index in [1.54, 1.807) is 0 Å². The van der Waals surface area contributed by atoms with Crippen molar-refractivity contribution in [3.05, 3.63) is 5.82 Å². The molecule has 0 aliphatic rings. The maximum atomic E-state index is 11.9. The van der Waals surface area contributed by atoms with Crippen LogP contribution in [0.4, 0.5) is 13.2 Å². The lowest BCUT2D eigenvalue weighted by Crippen LogP contribution is -2.06. The van der Waals surface area contributed by atoms with Crippen molar-refractivity contribution in [3.63, 3.8) is 0 Å². The van der Waals surface area contributed by atoms with E-state index >= 15 is 0 Å². The quantitative estimate of drug-likeness (QED) is 0.802. The molecular formula is C5H5F3N2OS2. The minimum absolute atomic E-state index is 0.0917. The molecule has 0 unspecified atom stereocenters. The van der Waals surface area contributed by atoms with E-state index in [9.17, 15) is 13.2 Å². The summed E-state index contributed by atoms with van der Waals surface area (Å²) in [4.78, 5) is 3.25. The van der Waals surface area contributed by atoms with Crippen LogP contribution in [0.2, 0.25) is 0 Å². The van der Waals surface area contributed by atoms with Crippen LogP contribution in [0, 0.1) is 0 Å². The Morgan fingerprint density at radius 1 is 1.46 bits per heavy atom. The molecule has 13 heavy (non-hydrogen) atoms. The fourth-order valence-corrected chi connectivity index (χ4v) is 1.94. The summed E-state index contributed by atoms with van der Waals surface area (Å²) in [5.41, 5.74) is 0. The van der Waals surface area contributed by atoms with E-state index in [0.29, 0.717) is 17.3 Å². The molecule has 0 amide bonds. The lowest BCUT2D eigenvalue weighted by molar-refractivity contribution is -0.144. The molecule has 0 aliphatic heterocycles. The van der Waals surface area contributed by atoms with E-state index in [4.69, 9.17) is 5.11 Å². The van der Waals surface area contributed by atoms with Crippen molar-refractivity contribution < 1.29 is 18.3 Å². The summed E-state index contributed by atoms with van der Waals surface area (Å²) in [6.45, 7) is -0.0917. The van der Waals surface area contributed by atoms with Crippen LogP contribution in [-0.2, 0) is 6.18 Å². The SMILES string of the molecule is OCCSc1nc(C(F)(F)F)ns1. The summed E-state index contributed by atoms with van der Waals surface area (Å²) in [6.07, 6.45) is -4.48. The monoisotopic (exact) mass is 230 g/mol. The minimum atomic E-state index is -4.48. The number of halogens is 3. The lowest BCUT2D eigenvalue weighted by atomic mass is 10.6. The zero-order valence-electron chi connectivity index (χ0n) is 6.21. The molecule has 0 saturated carbocycles. The van der Waals surface area contributed by atoms with Crippen LogP contribution in [0.1, 0.15) is 5.82 Å². The fraction of sp³-hybridized carbons (Fsp3) is 0.600. The predicted octanol–water partition coefficient (Wildman–Crippen LogP) is 1.64. The second-order valence-corrected chi connectivity index (χ2v) is 4.05. The van der Waals surface area contributed by atoms with Crippen LogP contribution in [0.25, 0.3) is 0 Å². The van der Waals surface area contributed by atoms with Crippen LogP contribution in [0.3, 0.4) is 0 Å². The number of thioether (sulfide) groups is 1. The number of alkyl halides is 3. The molecule has 0 aromatic carbocycles. The van der Waals surface area contributed by atoms with E-state index in [2.05, 4.69) is 9.36 Å². The largest absolute Gasteiger partial charge is 0.452 e. The van der Waals surface area contributed by atoms with Gasteiger partial charge in [0.2, 0.25) is 5.82 Å². The number of aromatic nitrogens is 2. The van der Waals surface area contributed by atoms with Crippen molar-refractivity contribution >= 4 is 23.3 Å². The maximum Gasteiger partial charge on any atom is 0.452 e. The van der Waals surface area contributed by atoms with Gasteiger partial charge in [-0.2, -0.15) is 17.5 Å². The molecule has 0 spiro atoms. The average Bonchev–Trinajstić information content (AvgIpc) is 2.47. The van der Waals surface area contributed by atoms with Crippen molar-refractivity contribution in [1.29, 1.82) is 0 Å². The van der Waals surface area contributed by atoms with Gasteiger partial charge in [-0.1, -0.05) is 11.8 Å². The van der Waals surface area contributed by atoms with E-state index in [-0.39, 0.29) is 10.9 Å². The first kappa shape index (κ1) is 10.7. The Bertz CT molecular complexity index is 275. The van der Waals surface area contributed by atoms with E-state index in [0.717, 1.165) is 11.8 Å². The van der Waals surface area contributed by atoms with Crippen LogP contribution in [-0.4, -0.2) is 26.8 Å². The number of rotatable bonds is 3. The maximum absolute atomic E-state index is 11.9. The van der Waals surface area contributed by atoms with Gasteiger partial charge >= 0.3 is 6.18 Å². The Labute approximate surface area is 80.2 Å². The molecule has 0 saturated heterocycles. The number of nitrogens with zero attached hydrogens (tertiary/aromatic N) is 2. The van der Waals surface area contributed by atoms with Gasteiger partial charge in [-0.15, -0.1) is 0 Å². The molecule has 0 bridgehead atoms. The van der Waals surface area contributed by atoms with Crippen LogP contribution < -0.4 is 0 Å². The van der Waals surface area contributed by atoms with Gasteiger partial charge in [0.05, 0.1) is 6.61 Å². The normalized spacial score (nSPS) is 12.0. The summed E-state index contributed by atoms with van der Waals surface area (Å²) >= 11 is 1.74. The smallest absolute Gasteiger partial charge is 0.396 e. The summed E-state index contributed by atoms with van der Waals surface area (Å²) in [6, 6.07) is 0. The summed E-state index contributed by atoms with van der Waals surface area (Å²) in [7, 11) is 0. The molecule has 0 fully saturated rings. The number of aliphatic hydroxyl groups excluding tert-OH is 1. The standard InChI is InChI=1S/C5H5F3N2OS2/c6-5(7,8)3-9-4(13-10-3)12-2-1-11/h11H,1-2H2. The molecular weight excluding hydrogens is 225 g/mol. The Morgan fingerprint density at radius 3 is 2.62 bits per heavy atom. The second kappa shape index (κ2) is 4.25. The molecule has 1 N–H and O–H groups in total. The predicted molar refractivity (Wildman–Crippen MR) is 42.7 cm³/mol. The van der Waals surface area contributed by atoms with Crippen molar-refractivity contribution in [2.45, 2.75) is 10.5 Å². The third kappa shape index (κ3) is 3.12. The molecule has 0 aliphatic carbocycles. The zero-order valence-corrected chi connectivity index (χ0v) is 7.84. The van der Waals surface area contributed by atoms with Gasteiger partial charge in [-0.05, 0) is 11.5 Å². The molecule has 1 heterocycles. The molecule has 1 aromatic rings. The Hall–Kier alpha value is -0.340. The first-order valence-corrected chi connectivity index (χ1v) is 4.94. The highest BCUT2D eigenvalue weighted by Crippen LogP contribution is 2.30. The summed E-state index contributed by atoms with van der Waals surface area (Å²) in [5.74, 6) is -0.787. The van der Waals surface area contributed by atoms with Gasteiger partial charge in [0.15, 0.2) is 4.34 Å². The zero-order chi connectivity index (χ0) is 9.90. The minimum Gasteiger partial charge on any atom is -0.396 e. The van der Waals surface area contributed by atoms with Crippen LogP contribution >= 0.6 is 23.3 Å². The van der Waals surface area contributed by atoms with Crippen molar-refractivity contribution in [2.75, 3.05) is 12.4 Å². The first-order valence-electron chi connectivity index (χ1n) is 3.18. The fourth-order valence-electron chi connectivity index (χ4n) is 0.516. The molecule has 0 radical (unpaired) electrons. The molecule has 0 atom stereocenters. The van der Waals surface area contributed by atoms with E-state index in [1.807, 2.05) is 0 Å². The van der Waals surface area contributed by atoms with E-state index < -0.39 is 12.0 Å². The summed E-state index contributed by atoms with van der Waals surface area (Å²) in [5, 5.41) is 8.41. The van der Waals surface area contributed by atoms with Crippen LogP contribution in [0.15, 0.2) is 4.34 Å². The molecule has 1 aromatic heterocycles. The molecule has 3 nitrogen and oxygen atoms in total. The topological polar surface area (TPSA) is 46.0 Å². The average molecular weight is 230 g/mol.